The minimum absolute atomic E-state index is 0.0919. The molecule has 1 aliphatic rings. The van der Waals surface area contributed by atoms with Crippen LogP contribution in [0.1, 0.15) is 26.3 Å². The Morgan fingerprint density at radius 3 is 2.46 bits per heavy atom. The van der Waals surface area contributed by atoms with Crippen molar-refractivity contribution in [2.45, 2.75) is 57.6 Å². The van der Waals surface area contributed by atoms with E-state index in [1.807, 2.05) is 30.3 Å². The molecule has 2 atom stereocenters. The number of nitrogens with zero attached hydrogens (tertiary/aromatic N) is 1. The minimum Gasteiger partial charge on any atom is -0.465 e. The summed E-state index contributed by atoms with van der Waals surface area (Å²) in [6.45, 7) is 12.8. The average Bonchev–Trinajstić information content (AvgIpc) is 2.91. The summed E-state index contributed by atoms with van der Waals surface area (Å²) in [6, 6.07) is 9.58. The third kappa shape index (κ3) is 4.37. The molecule has 0 unspecified atom stereocenters. The van der Waals surface area contributed by atoms with E-state index in [-0.39, 0.29) is 17.2 Å². The summed E-state index contributed by atoms with van der Waals surface area (Å²) >= 11 is 0. The van der Waals surface area contributed by atoms with Crippen LogP contribution in [-0.2, 0) is 11.0 Å². The summed E-state index contributed by atoms with van der Waals surface area (Å²) in [5, 5.41) is 13.1. The standard InChI is InChI=1S/C18H30N2O3Si/c1-18(2,3)24(4,5)23-16-12-19-11-15(16)20(17(21)22)13-14-9-7-6-8-10-14/h6-10,15-16,19H,11-13H2,1-5H3,(H,21,22)/t15-,16-/m1/s1. The van der Waals surface area contributed by atoms with E-state index in [2.05, 4.69) is 39.2 Å². The number of amides is 1. The zero-order chi connectivity index (χ0) is 18.0. The second-order valence-electron chi connectivity index (χ2n) is 8.04. The van der Waals surface area contributed by atoms with Gasteiger partial charge in [-0.05, 0) is 23.7 Å². The molecule has 6 heteroatoms. The summed E-state index contributed by atoms with van der Waals surface area (Å²) in [6.07, 6.45) is -0.984. The highest BCUT2D eigenvalue weighted by molar-refractivity contribution is 6.74. The van der Waals surface area contributed by atoms with Crippen LogP contribution in [0.3, 0.4) is 0 Å². The van der Waals surface area contributed by atoms with Crippen LogP contribution in [0.4, 0.5) is 4.79 Å². The molecule has 1 heterocycles. The maximum Gasteiger partial charge on any atom is 0.407 e. The molecule has 1 aromatic carbocycles. The molecule has 0 bridgehead atoms. The molecule has 2 rings (SSSR count). The van der Waals surface area contributed by atoms with Gasteiger partial charge in [0, 0.05) is 19.6 Å². The molecule has 1 fully saturated rings. The molecule has 24 heavy (non-hydrogen) atoms. The zero-order valence-corrected chi connectivity index (χ0v) is 16.4. The third-order valence-corrected chi connectivity index (χ3v) is 9.73. The first-order chi connectivity index (χ1) is 11.1. The largest absolute Gasteiger partial charge is 0.465 e. The van der Waals surface area contributed by atoms with Crippen molar-refractivity contribution in [1.82, 2.24) is 10.2 Å². The lowest BCUT2D eigenvalue weighted by molar-refractivity contribution is 0.0752. The predicted octanol–water partition coefficient (Wildman–Crippen LogP) is 3.53. The van der Waals surface area contributed by atoms with Crippen molar-refractivity contribution in [3.8, 4) is 0 Å². The molecule has 0 aromatic heterocycles. The quantitative estimate of drug-likeness (QED) is 0.798. The molecule has 1 amide bonds. The van der Waals surface area contributed by atoms with Crippen LogP contribution in [0.2, 0.25) is 18.1 Å². The van der Waals surface area contributed by atoms with Gasteiger partial charge in [-0.25, -0.2) is 4.79 Å². The smallest absolute Gasteiger partial charge is 0.407 e. The lowest BCUT2D eigenvalue weighted by Crippen LogP contribution is -2.52. The Kier molecular flexibility index (Phi) is 5.73. The van der Waals surface area contributed by atoms with Crippen LogP contribution >= 0.6 is 0 Å². The van der Waals surface area contributed by atoms with Gasteiger partial charge in [0.05, 0.1) is 12.1 Å². The first-order valence-electron chi connectivity index (χ1n) is 8.54. The second kappa shape index (κ2) is 7.25. The van der Waals surface area contributed by atoms with Gasteiger partial charge in [0.25, 0.3) is 0 Å². The molecule has 2 N–H and O–H groups in total. The highest BCUT2D eigenvalue weighted by Crippen LogP contribution is 2.38. The molecule has 1 aliphatic heterocycles. The first kappa shape index (κ1) is 19.0. The fraction of sp³-hybridized carbons (Fsp3) is 0.611. The van der Waals surface area contributed by atoms with E-state index < -0.39 is 14.4 Å². The van der Waals surface area contributed by atoms with Crippen molar-refractivity contribution < 1.29 is 14.3 Å². The van der Waals surface area contributed by atoms with E-state index in [0.717, 1.165) is 5.56 Å². The Hall–Kier alpha value is -1.37. The van der Waals surface area contributed by atoms with Gasteiger partial charge < -0.3 is 14.8 Å². The maximum atomic E-state index is 11.9. The number of hydrogen-bond acceptors (Lipinski definition) is 3. The van der Waals surface area contributed by atoms with Crippen molar-refractivity contribution in [3.63, 3.8) is 0 Å². The van der Waals surface area contributed by atoms with Gasteiger partial charge in [0.1, 0.15) is 0 Å². The summed E-state index contributed by atoms with van der Waals surface area (Å²) in [5.41, 5.74) is 0.998. The van der Waals surface area contributed by atoms with Crippen LogP contribution in [0.25, 0.3) is 0 Å². The van der Waals surface area contributed by atoms with Gasteiger partial charge in [-0.2, -0.15) is 0 Å². The molecule has 0 saturated carbocycles. The Bertz CT molecular complexity index is 557. The highest BCUT2D eigenvalue weighted by atomic mass is 28.4. The fourth-order valence-corrected chi connectivity index (χ4v) is 4.08. The van der Waals surface area contributed by atoms with E-state index in [1.165, 1.54) is 4.90 Å². The first-order valence-corrected chi connectivity index (χ1v) is 11.4. The fourth-order valence-electron chi connectivity index (χ4n) is 2.73. The number of rotatable bonds is 5. The minimum atomic E-state index is -1.94. The maximum absolute atomic E-state index is 11.9. The van der Waals surface area contributed by atoms with Crippen LogP contribution in [0, 0.1) is 0 Å². The summed E-state index contributed by atoms with van der Waals surface area (Å²) in [5.74, 6) is 0. The number of nitrogens with one attached hydrogen (secondary N) is 1. The molecule has 0 aliphatic carbocycles. The zero-order valence-electron chi connectivity index (χ0n) is 15.4. The Labute approximate surface area is 146 Å². The van der Waals surface area contributed by atoms with E-state index in [9.17, 15) is 9.90 Å². The molecule has 1 saturated heterocycles. The molecule has 1 aromatic rings. The molecule has 5 nitrogen and oxygen atoms in total. The predicted molar refractivity (Wildman–Crippen MR) is 98.7 cm³/mol. The molecular formula is C18H30N2O3Si. The number of hydrogen-bond donors (Lipinski definition) is 2. The number of carboxylic acid groups (broad SMARTS) is 1. The van der Waals surface area contributed by atoms with E-state index in [1.54, 1.807) is 0 Å². The van der Waals surface area contributed by atoms with Gasteiger partial charge in [0.15, 0.2) is 8.32 Å². The normalized spacial score (nSPS) is 21.7. The van der Waals surface area contributed by atoms with Crippen molar-refractivity contribution in [2.75, 3.05) is 13.1 Å². The van der Waals surface area contributed by atoms with Crippen molar-refractivity contribution in [2.24, 2.45) is 0 Å². The number of carbonyl (C=O) groups is 1. The SMILES string of the molecule is CC(C)(C)[Si](C)(C)O[C@@H]1CNC[C@H]1N(Cc1ccccc1)C(=O)O. The van der Waals surface area contributed by atoms with E-state index in [4.69, 9.17) is 4.43 Å². The lowest BCUT2D eigenvalue weighted by atomic mass is 10.1. The third-order valence-electron chi connectivity index (χ3n) is 5.22. The average molecular weight is 351 g/mol. The van der Waals surface area contributed by atoms with Gasteiger partial charge >= 0.3 is 6.09 Å². The summed E-state index contributed by atoms with van der Waals surface area (Å²) in [7, 11) is -1.94. The molecule has 134 valence electrons. The summed E-state index contributed by atoms with van der Waals surface area (Å²) < 4.78 is 6.52. The van der Waals surface area contributed by atoms with Gasteiger partial charge in [0.2, 0.25) is 0 Å². The Morgan fingerprint density at radius 2 is 1.92 bits per heavy atom. The van der Waals surface area contributed by atoms with Crippen LogP contribution in [0.15, 0.2) is 30.3 Å². The molecular weight excluding hydrogens is 320 g/mol. The van der Waals surface area contributed by atoms with Gasteiger partial charge in [-0.15, -0.1) is 0 Å². The Morgan fingerprint density at radius 1 is 1.29 bits per heavy atom. The van der Waals surface area contributed by atoms with Crippen LogP contribution < -0.4 is 5.32 Å². The highest BCUT2D eigenvalue weighted by Gasteiger charge is 2.44. The van der Waals surface area contributed by atoms with E-state index in [0.29, 0.717) is 19.6 Å². The summed E-state index contributed by atoms with van der Waals surface area (Å²) in [4.78, 5) is 13.4. The van der Waals surface area contributed by atoms with Crippen molar-refractivity contribution >= 4 is 14.4 Å². The molecule has 0 radical (unpaired) electrons. The van der Waals surface area contributed by atoms with Crippen molar-refractivity contribution in [1.29, 1.82) is 0 Å². The lowest BCUT2D eigenvalue weighted by Gasteiger charge is -2.41. The second-order valence-corrected chi connectivity index (χ2v) is 12.8. The van der Waals surface area contributed by atoms with E-state index >= 15 is 0 Å². The van der Waals surface area contributed by atoms with Crippen LogP contribution in [0.5, 0.6) is 0 Å². The van der Waals surface area contributed by atoms with Crippen LogP contribution in [-0.4, -0.2) is 49.7 Å². The topological polar surface area (TPSA) is 61.8 Å². The molecule has 0 spiro atoms. The van der Waals surface area contributed by atoms with Crippen molar-refractivity contribution in [3.05, 3.63) is 35.9 Å². The van der Waals surface area contributed by atoms with Gasteiger partial charge in [-0.3, -0.25) is 4.90 Å². The monoisotopic (exact) mass is 350 g/mol. The number of benzene rings is 1. The Balaban J connectivity index is 2.15. The van der Waals surface area contributed by atoms with Gasteiger partial charge in [-0.1, -0.05) is 51.1 Å².